The van der Waals surface area contributed by atoms with Gasteiger partial charge in [-0.1, -0.05) is 90.2 Å². The van der Waals surface area contributed by atoms with Crippen LogP contribution in [0.4, 0.5) is 0 Å². The number of rotatable bonds is 4. The highest BCUT2D eigenvalue weighted by molar-refractivity contribution is 5.97. The second kappa shape index (κ2) is 19.2. The molecule has 1 aliphatic rings. The zero-order valence-corrected chi connectivity index (χ0v) is 21.6. The van der Waals surface area contributed by atoms with E-state index >= 15 is 0 Å². The Labute approximate surface area is 179 Å². The minimum Gasteiger partial charge on any atom is -0.293 e. The molecule has 166 valence electrons. The van der Waals surface area contributed by atoms with Crippen LogP contribution in [0.25, 0.3) is 0 Å². The monoisotopic (exact) mass is 391 g/mol. The smallest absolute Gasteiger partial charge is 0.0375 e. The first kappa shape index (κ1) is 31.6. The van der Waals surface area contributed by atoms with E-state index in [1.54, 1.807) is 0 Å². The van der Waals surface area contributed by atoms with Crippen LogP contribution in [0.3, 0.4) is 0 Å². The van der Waals surface area contributed by atoms with Crippen molar-refractivity contribution in [3.05, 3.63) is 35.5 Å². The standard InChI is InChI=1S/C11H19N.C7H12.C7H16.C2H6/c1-9(2)8-11(12-3)10-6-4-5-7-10;1-6(2)5-7(3)4;1-5-6-7(2,3)4;1-2/h8,10H,4-7H2,1-3H3;5H,1H2,2-4H3;5-6H2,1-4H3;1-2H3. The summed E-state index contributed by atoms with van der Waals surface area (Å²) in [6.07, 6.45) is 12.4. The Kier molecular flexibility index (Phi) is 21.7. The summed E-state index contributed by atoms with van der Waals surface area (Å²) in [5.41, 5.74) is 5.66. The molecule has 0 N–H and O–H groups in total. The van der Waals surface area contributed by atoms with Crippen molar-refractivity contribution >= 4 is 5.71 Å². The molecular weight excluding hydrogens is 338 g/mol. The van der Waals surface area contributed by atoms with Gasteiger partial charge in [-0.25, -0.2) is 0 Å². The molecule has 1 saturated carbocycles. The fourth-order valence-electron chi connectivity index (χ4n) is 3.13. The van der Waals surface area contributed by atoms with E-state index in [2.05, 4.69) is 79.1 Å². The van der Waals surface area contributed by atoms with Gasteiger partial charge in [0, 0.05) is 18.7 Å². The molecule has 0 amide bonds. The molecule has 0 unspecified atom stereocenters. The topological polar surface area (TPSA) is 12.4 Å². The predicted molar refractivity (Wildman–Crippen MR) is 135 cm³/mol. The molecule has 0 saturated heterocycles. The van der Waals surface area contributed by atoms with E-state index in [4.69, 9.17) is 0 Å². The Morgan fingerprint density at radius 2 is 1.36 bits per heavy atom. The number of nitrogens with zero attached hydrogens (tertiary/aromatic N) is 1. The molecule has 1 rings (SSSR count). The van der Waals surface area contributed by atoms with Gasteiger partial charge in [0.15, 0.2) is 0 Å². The van der Waals surface area contributed by atoms with E-state index in [1.807, 2.05) is 27.8 Å². The average molecular weight is 392 g/mol. The summed E-state index contributed by atoms with van der Waals surface area (Å²) in [4.78, 5) is 4.35. The van der Waals surface area contributed by atoms with Gasteiger partial charge in [0.25, 0.3) is 0 Å². The fraction of sp³-hybridized carbons (Fsp3) is 0.741. The molecule has 1 heteroatoms. The van der Waals surface area contributed by atoms with E-state index in [0.29, 0.717) is 5.41 Å². The van der Waals surface area contributed by atoms with E-state index in [0.717, 1.165) is 11.5 Å². The minimum absolute atomic E-state index is 0.550. The van der Waals surface area contributed by atoms with Gasteiger partial charge in [0.1, 0.15) is 0 Å². The van der Waals surface area contributed by atoms with E-state index < -0.39 is 0 Å². The van der Waals surface area contributed by atoms with Crippen LogP contribution in [-0.4, -0.2) is 12.8 Å². The first-order chi connectivity index (χ1) is 12.9. The Morgan fingerprint density at radius 3 is 1.54 bits per heavy atom. The van der Waals surface area contributed by atoms with Crippen LogP contribution in [0.2, 0.25) is 0 Å². The molecule has 0 aliphatic heterocycles. The molecule has 0 bridgehead atoms. The van der Waals surface area contributed by atoms with Crippen molar-refractivity contribution < 1.29 is 0 Å². The molecule has 1 fully saturated rings. The Hall–Kier alpha value is -1.11. The van der Waals surface area contributed by atoms with Crippen molar-refractivity contribution in [3.63, 3.8) is 0 Å². The number of allylic oxidation sites excluding steroid dienone is 5. The highest BCUT2D eigenvalue weighted by atomic mass is 14.7. The van der Waals surface area contributed by atoms with Crippen LogP contribution in [0.1, 0.15) is 115 Å². The maximum atomic E-state index is 4.35. The van der Waals surface area contributed by atoms with Gasteiger partial charge in [0.2, 0.25) is 0 Å². The maximum Gasteiger partial charge on any atom is 0.0375 e. The van der Waals surface area contributed by atoms with E-state index in [1.165, 1.54) is 55.4 Å². The minimum atomic E-state index is 0.550. The quantitative estimate of drug-likeness (QED) is 0.334. The fourth-order valence-corrected chi connectivity index (χ4v) is 3.13. The summed E-state index contributed by atoms with van der Waals surface area (Å²) >= 11 is 0. The maximum absolute atomic E-state index is 4.35. The van der Waals surface area contributed by atoms with Crippen molar-refractivity contribution in [2.45, 2.75) is 115 Å². The molecule has 28 heavy (non-hydrogen) atoms. The van der Waals surface area contributed by atoms with E-state index in [-0.39, 0.29) is 0 Å². The van der Waals surface area contributed by atoms with Crippen LogP contribution >= 0.6 is 0 Å². The summed E-state index contributed by atoms with van der Waals surface area (Å²) in [5, 5.41) is 0. The number of hydrogen-bond donors (Lipinski definition) is 0. The normalized spacial score (nSPS) is 13.6. The third kappa shape index (κ3) is 24.9. The van der Waals surface area contributed by atoms with E-state index in [9.17, 15) is 0 Å². The number of aliphatic imine (C=N–C) groups is 1. The Morgan fingerprint density at radius 1 is 0.929 bits per heavy atom. The lowest BCUT2D eigenvalue weighted by Crippen LogP contribution is -2.08. The summed E-state index contributed by atoms with van der Waals surface area (Å²) < 4.78 is 0. The first-order valence-corrected chi connectivity index (χ1v) is 11.3. The first-order valence-electron chi connectivity index (χ1n) is 11.3. The van der Waals surface area contributed by atoms with Crippen LogP contribution in [0.5, 0.6) is 0 Å². The summed E-state index contributed by atoms with van der Waals surface area (Å²) in [5.74, 6) is 0.755. The third-order valence-corrected chi connectivity index (χ3v) is 4.00. The largest absolute Gasteiger partial charge is 0.293 e. The molecule has 0 spiro atoms. The summed E-state index contributed by atoms with van der Waals surface area (Å²) in [6.45, 7) is 27.2. The van der Waals surface area contributed by atoms with Gasteiger partial charge in [-0.2, -0.15) is 0 Å². The third-order valence-electron chi connectivity index (χ3n) is 4.00. The lowest BCUT2D eigenvalue weighted by atomic mass is 9.91. The van der Waals surface area contributed by atoms with Gasteiger partial charge in [-0.15, -0.1) is 0 Å². The molecule has 0 heterocycles. The summed E-state index contributed by atoms with van der Waals surface area (Å²) in [7, 11) is 1.91. The predicted octanol–water partition coefficient (Wildman–Crippen LogP) is 9.60. The van der Waals surface area contributed by atoms with Gasteiger partial charge < -0.3 is 0 Å². The second-order valence-electron chi connectivity index (χ2n) is 9.23. The van der Waals surface area contributed by atoms with Crippen molar-refractivity contribution in [1.82, 2.24) is 0 Å². The zero-order valence-electron chi connectivity index (χ0n) is 21.6. The molecule has 0 radical (unpaired) electrons. The SMILES string of the molecule is C=C(C)C=C(C)C.CC.CCCC(C)(C)C.CN=C(C=C(C)C)C1CCCC1. The molecule has 0 aromatic heterocycles. The van der Waals surface area contributed by atoms with Crippen LogP contribution in [-0.2, 0) is 0 Å². The highest BCUT2D eigenvalue weighted by Gasteiger charge is 2.18. The zero-order chi connectivity index (χ0) is 22.8. The Bertz CT molecular complexity index is 455. The van der Waals surface area contributed by atoms with Gasteiger partial charge in [0.05, 0.1) is 0 Å². The lowest BCUT2D eigenvalue weighted by molar-refractivity contribution is 0.373. The molecule has 0 atom stereocenters. The average Bonchev–Trinajstić information content (AvgIpc) is 3.07. The molecule has 1 aliphatic carbocycles. The number of hydrogen-bond acceptors (Lipinski definition) is 1. The van der Waals surface area contributed by atoms with Gasteiger partial charge >= 0.3 is 0 Å². The summed E-state index contributed by atoms with van der Waals surface area (Å²) in [6, 6.07) is 0. The lowest BCUT2D eigenvalue weighted by Gasteiger charge is -2.15. The Balaban J connectivity index is -0.000000340. The molecular formula is C27H53N. The van der Waals surface area contributed by atoms with Crippen molar-refractivity contribution in [1.29, 1.82) is 0 Å². The van der Waals surface area contributed by atoms with Gasteiger partial charge in [-0.05, 0) is 65.4 Å². The van der Waals surface area contributed by atoms with Crippen LogP contribution in [0.15, 0.2) is 40.4 Å². The molecule has 0 aromatic carbocycles. The molecule has 0 aromatic rings. The van der Waals surface area contributed by atoms with Gasteiger partial charge in [-0.3, -0.25) is 4.99 Å². The van der Waals surface area contributed by atoms with Crippen molar-refractivity contribution in [3.8, 4) is 0 Å². The van der Waals surface area contributed by atoms with Crippen LogP contribution < -0.4 is 0 Å². The van der Waals surface area contributed by atoms with Crippen LogP contribution in [0, 0.1) is 11.3 Å². The highest BCUT2D eigenvalue weighted by Crippen LogP contribution is 2.26. The van der Waals surface area contributed by atoms with Crippen molar-refractivity contribution in [2.75, 3.05) is 7.05 Å². The second-order valence-corrected chi connectivity index (χ2v) is 9.23. The van der Waals surface area contributed by atoms with Crippen molar-refractivity contribution in [2.24, 2.45) is 16.3 Å². The molecule has 1 nitrogen and oxygen atoms in total.